The molecule has 0 atom stereocenters. The fraction of sp³-hybridized carbons (Fsp3) is 0.333. The first kappa shape index (κ1) is 18.3. The normalized spacial score (nSPS) is 15.3. The average molecular weight is 372 g/mol. The van der Waals surface area contributed by atoms with Crippen molar-refractivity contribution in [1.82, 2.24) is 9.29 Å². The molecule has 0 bridgehead atoms. The number of ether oxygens (including phenoxy) is 1. The third-order valence-electron chi connectivity index (χ3n) is 4.18. The summed E-state index contributed by atoms with van der Waals surface area (Å²) in [5, 5.41) is 12.0. The van der Waals surface area contributed by atoms with E-state index in [2.05, 4.69) is 10.3 Å². The van der Waals surface area contributed by atoms with E-state index in [1.165, 1.54) is 4.31 Å². The minimum Gasteiger partial charge on any atom is -0.380 e. The number of sulfonamides is 1. The highest BCUT2D eigenvalue weighted by Gasteiger charge is 2.25. The summed E-state index contributed by atoms with van der Waals surface area (Å²) in [4.78, 5) is 4.01. The van der Waals surface area contributed by atoms with E-state index in [-0.39, 0.29) is 5.75 Å². The summed E-state index contributed by atoms with van der Waals surface area (Å²) < 4.78 is 32.0. The summed E-state index contributed by atoms with van der Waals surface area (Å²) in [6.45, 7) is 2.16. The Labute approximate surface area is 153 Å². The molecular weight excluding hydrogens is 352 g/mol. The van der Waals surface area contributed by atoms with Crippen LogP contribution in [-0.4, -0.2) is 44.0 Å². The molecular formula is C18H20N4O3S. The Balaban J connectivity index is 1.70. The smallest absolute Gasteiger partial charge is 0.218 e. The molecule has 0 saturated carbocycles. The largest absolute Gasteiger partial charge is 0.380 e. The molecule has 1 aliphatic rings. The molecule has 26 heavy (non-hydrogen) atoms. The first-order valence-electron chi connectivity index (χ1n) is 8.31. The van der Waals surface area contributed by atoms with Gasteiger partial charge in [0.05, 0.1) is 30.9 Å². The molecule has 0 aliphatic carbocycles. The molecule has 0 spiro atoms. The van der Waals surface area contributed by atoms with E-state index in [9.17, 15) is 8.42 Å². The van der Waals surface area contributed by atoms with E-state index >= 15 is 0 Å². The summed E-state index contributed by atoms with van der Waals surface area (Å²) in [7, 11) is -3.37. The lowest BCUT2D eigenvalue weighted by Crippen LogP contribution is -2.41. The van der Waals surface area contributed by atoms with Crippen LogP contribution < -0.4 is 5.32 Å². The highest BCUT2D eigenvalue weighted by atomic mass is 32.2. The maximum atomic E-state index is 12.7. The van der Waals surface area contributed by atoms with E-state index in [1.54, 1.807) is 18.3 Å². The maximum Gasteiger partial charge on any atom is 0.218 e. The maximum absolute atomic E-state index is 12.7. The van der Waals surface area contributed by atoms with Gasteiger partial charge in [0.1, 0.15) is 11.8 Å². The second kappa shape index (κ2) is 8.27. The standard InChI is InChI=1S/C18H20N4O3S/c19-11-17-5-6-18(13-21-17)20-12-15-3-1-2-4-16(15)14-26(23,24)22-7-9-25-10-8-22/h1-6,13,20H,7-10,12,14H2. The van der Waals surface area contributed by atoms with Gasteiger partial charge in [0, 0.05) is 19.6 Å². The number of hydrogen-bond donors (Lipinski definition) is 1. The Morgan fingerprint density at radius 2 is 1.88 bits per heavy atom. The van der Waals surface area contributed by atoms with Crippen molar-refractivity contribution in [2.24, 2.45) is 0 Å². The number of anilines is 1. The number of rotatable bonds is 6. The lowest BCUT2D eigenvalue weighted by Gasteiger charge is -2.26. The van der Waals surface area contributed by atoms with Crippen LogP contribution in [0.25, 0.3) is 0 Å². The predicted molar refractivity (Wildman–Crippen MR) is 97.7 cm³/mol. The van der Waals surface area contributed by atoms with Crippen LogP contribution in [0.4, 0.5) is 5.69 Å². The van der Waals surface area contributed by atoms with Crippen LogP contribution in [0.1, 0.15) is 16.8 Å². The molecule has 2 heterocycles. The molecule has 1 N–H and O–H groups in total. The topological polar surface area (TPSA) is 95.3 Å². The minimum absolute atomic E-state index is 0.0313. The zero-order chi connectivity index (χ0) is 18.4. The number of pyridine rings is 1. The number of aromatic nitrogens is 1. The van der Waals surface area contributed by atoms with Crippen molar-refractivity contribution >= 4 is 15.7 Å². The molecule has 1 fully saturated rings. The molecule has 2 aromatic rings. The van der Waals surface area contributed by atoms with Gasteiger partial charge in [-0.1, -0.05) is 24.3 Å². The minimum atomic E-state index is -3.37. The fourth-order valence-electron chi connectivity index (χ4n) is 2.75. The highest BCUT2D eigenvalue weighted by Crippen LogP contribution is 2.18. The fourth-order valence-corrected chi connectivity index (χ4v) is 4.31. The van der Waals surface area contributed by atoms with E-state index in [4.69, 9.17) is 10.00 Å². The Morgan fingerprint density at radius 3 is 2.54 bits per heavy atom. The molecule has 7 nitrogen and oxygen atoms in total. The van der Waals surface area contributed by atoms with Gasteiger partial charge in [-0.05, 0) is 23.3 Å². The van der Waals surface area contributed by atoms with Gasteiger partial charge in [-0.15, -0.1) is 0 Å². The van der Waals surface area contributed by atoms with E-state index in [0.29, 0.717) is 38.5 Å². The van der Waals surface area contributed by atoms with Crippen molar-refractivity contribution in [2.75, 3.05) is 31.6 Å². The summed E-state index contributed by atoms with van der Waals surface area (Å²) in [6, 6.07) is 12.9. The van der Waals surface area contributed by atoms with Gasteiger partial charge in [-0.2, -0.15) is 9.57 Å². The van der Waals surface area contributed by atoms with Crippen molar-refractivity contribution < 1.29 is 13.2 Å². The molecule has 1 aliphatic heterocycles. The van der Waals surface area contributed by atoms with Crippen molar-refractivity contribution in [2.45, 2.75) is 12.3 Å². The number of hydrogen-bond acceptors (Lipinski definition) is 6. The van der Waals surface area contributed by atoms with Gasteiger partial charge in [-0.3, -0.25) is 0 Å². The van der Waals surface area contributed by atoms with Gasteiger partial charge in [-0.25, -0.2) is 13.4 Å². The lowest BCUT2D eigenvalue weighted by atomic mass is 10.1. The number of morpholine rings is 1. The molecule has 0 amide bonds. The number of nitrogens with zero attached hydrogens (tertiary/aromatic N) is 3. The van der Waals surface area contributed by atoms with Gasteiger partial charge in [0.15, 0.2) is 0 Å². The average Bonchev–Trinajstić information content (AvgIpc) is 2.68. The van der Waals surface area contributed by atoms with Gasteiger partial charge < -0.3 is 10.1 Å². The Kier molecular flexibility index (Phi) is 5.83. The van der Waals surface area contributed by atoms with E-state index < -0.39 is 10.0 Å². The van der Waals surface area contributed by atoms with Gasteiger partial charge in [0.25, 0.3) is 0 Å². The molecule has 0 radical (unpaired) electrons. The molecule has 8 heteroatoms. The summed E-state index contributed by atoms with van der Waals surface area (Å²) in [5.74, 6) is -0.0313. The van der Waals surface area contributed by atoms with Crippen LogP contribution in [0.5, 0.6) is 0 Å². The van der Waals surface area contributed by atoms with Crippen LogP contribution >= 0.6 is 0 Å². The van der Waals surface area contributed by atoms with Crippen LogP contribution in [-0.2, 0) is 27.1 Å². The zero-order valence-electron chi connectivity index (χ0n) is 14.3. The third-order valence-corrected chi connectivity index (χ3v) is 6.01. The Bertz CT molecular complexity index is 885. The first-order chi connectivity index (χ1) is 12.6. The molecule has 1 saturated heterocycles. The number of benzene rings is 1. The number of nitrogens with one attached hydrogen (secondary N) is 1. The van der Waals surface area contributed by atoms with E-state index in [0.717, 1.165) is 16.8 Å². The molecule has 3 rings (SSSR count). The van der Waals surface area contributed by atoms with Crippen molar-refractivity contribution in [3.63, 3.8) is 0 Å². The van der Waals surface area contributed by atoms with Gasteiger partial charge in [0.2, 0.25) is 10.0 Å². The predicted octanol–water partition coefficient (Wildman–Crippen LogP) is 1.73. The van der Waals surface area contributed by atoms with Gasteiger partial charge >= 0.3 is 0 Å². The van der Waals surface area contributed by atoms with Crippen molar-refractivity contribution in [3.8, 4) is 6.07 Å². The highest BCUT2D eigenvalue weighted by molar-refractivity contribution is 7.88. The zero-order valence-corrected chi connectivity index (χ0v) is 15.1. The SMILES string of the molecule is N#Cc1ccc(NCc2ccccc2CS(=O)(=O)N2CCOCC2)cn1. The third kappa shape index (κ3) is 4.58. The summed E-state index contributed by atoms with van der Waals surface area (Å²) in [6.07, 6.45) is 1.59. The second-order valence-corrected chi connectivity index (χ2v) is 7.90. The quantitative estimate of drug-likeness (QED) is 0.830. The monoisotopic (exact) mass is 372 g/mol. The molecule has 1 aromatic carbocycles. The van der Waals surface area contributed by atoms with Crippen LogP contribution in [0.15, 0.2) is 42.6 Å². The summed E-state index contributed by atoms with van der Waals surface area (Å²) in [5.41, 5.74) is 2.81. The van der Waals surface area contributed by atoms with Crippen LogP contribution in [0.2, 0.25) is 0 Å². The Hall–Kier alpha value is -2.47. The van der Waals surface area contributed by atoms with Crippen LogP contribution in [0, 0.1) is 11.3 Å². The van der Waals surface area contributed by atoms with Crippen LogP contribution in [0.3, 0.4) is 0 Å². The molecule has 1 aromatic heterocycles. The molecule has 136 valence electrons. The first-order valence-corrected chi connectivity index (χ1v) is 9.92. The molecule has 0 unspecified atom stereocenters. The number of nitriles is 1. The second-order valence-electron chi connectivity index (χ2n) is 5.93. The van der Waals surface area contributed by atoms with Crippen molar-refractivity contribution in [1.29, 1.82) is 5.26 Å². The van der Waals surface area contributed by atoms with E-state index in [1.807, 2.05) is 30.3 Å². The lowest BCUT2D eigenvalue weighted by molar-refractivity contribution is 0.0729. The Morgan fingerprint density at radius 1 is 1.15 bits per heavy atom. The summed E-state index contributed by atoms with van der Waals surface area (Å²) >= 11 is 0. The van der Waals surface area contributed by atoms with Crippen molar-refractivity contribution in [3.05, 3.63) is 59.4 Å².